The van der Waals surface area contributed by atoms with Crippen LogP contribution in [-0.2, 0) is 9.16 Å². The molecular weight excluding hydrogens is 366 g/mol. The van der Waals surface area contributed by atoms with Crippen LogP contribution in [0.2, 0.25) is 18.1 Å². The molecule has 0 spiro atoms. The fourth-order valence-corrected chi connectivity index (χ4v) is 3.43. The van der Waals surface area contributed by atoms with Crippen LogP contribution in [0.5, 0.6) is 5.75 Å². The summed E-state index contributed by atoms with van der Waals surface area (Å²) in [7, 11) is -0.626. The lowest BCUT2D eigenvalue weighted by Crippen LogP contribution is -2.41. The minimum Gasteiger partial charge on any atom is -0.491 e. The molecule has 0 saturated heterocycles. The van der Waals surface area contributed by atoms with E-state index in [-0.39, 0.29) is 10.7 Å². The number of fused-ring (bicyclic) bond motifs is 1. The standard InChI is InChI=1S/C19H27NO6Si/c1-19(2,3)27(5,6)26-10-9-25-14-8-7-13-11-16(17(21)24-4)20(18(22)23)15(13)12-14/h7-8,11-12H,9-10H2,1-6H3,(H,22,23). The van der Waals surface area contributed by atoms with Crippen molar-refractivity contribution in [2.45, 2.75) is 38.9 Å². The summed E-state index contributed by atoms with van der Waals surface area (Å²) in [5.74, 6) is -0.197. The van der Waals surface area contributed by atoms with Gasteiger partial charge >= 0.3 is 12.1 Å². The van der Waals surface area contributed by atoms with Gasteiger partial charge in [-0.25, -0.2) is 14.2 Å². The van der Waals surface area contributed by atoms with Crippen LogP contribution in [0.25, 0.3) is 10.9 Å². The first-order valence-electron chi connectivity index (χ1n) is 8.72. The van der Waals surface area contributed by atoms with Gasteiger partial charge in [0.2, 0.25) is 0 Å². The predicted octanol–water partition coefficient (Wildman–Crippen LogP) is 4.35. The van der Waals surface area contributed by atoms with E-state index in [1.165, 1.54) is 13.2 Å². The van der Waals surface area contributed by atoms with E-state index in [2.05, 4.69) is 38.6 Å². The second kappa shape index (κ2) is 7.73. The number of ether oxygens (including phenoxy) is 2. The zero-order valence-corrected chi connectivity index (χ0v) is 17.7. The molecule has 1 aromatic carbocycles. The average Bonchev–Trinajstić information content (AvgIpc) is 2.95. The first kappa shape index (κ1) is 21.0. The second-order valence-electron chi connectivity index (χ2n) is 7.82. The summed E-state index contributed by atoms with van der Waals surface area (Å²) < 4.78 is 17.4. The Balaban J connectivity index is 2.16. The van der Waals surface area contributed by atoms with Gasteiger partial charge in [0.25, 0.3) is 0 Å². The summed E-state index contributed by atoms with van der Waals surface area (Å²) in [6.07, 6.45) is -1.26. The second-order valence-corrected chi connectivity index (χ2v) is 12.6. The van der Waals surface area contributed by atoms with Gasteiger partial charge in [0.1, 0.15) is 18.1 Å². The normalized spacial score (nSPS) is 12.2. The highest BCUT2D eigenvalue weighted by molar-refractivity contribution is 6.74. The molecule has 0 amide bonds. The lowest BCUT2D eigenvalue weighted by Gasteiger charge is -2.36. The Bertz CT molecular complexity index is 850. The van der Waals surface area contributed by atoms with Crippen LogP contribution >= 0.6 is 0 Å². The summed E-state index contributed by atoms with van der Waals surface area (Å²) in [6, 6.07) is 6.54. The third-order valence-corrected chi connectivity index (χ3v) is 9.52. The third-order valence-electron chi connectivity index (χ3n) is 4.98. The number of rotatable bonds is 6. The van der Waals surface area contributed by atoms with Gasteiger partial charge in [-0.3, -0.25) is 0 Å². The summed E-state index contributed by atoms with van der Waals surface area (Å²) in [4.78, 5) is 23.4. The summed E-state index contributed by atoms with van der Waals surface area (Å²) >= 11 is 0. The molecule has 1 N–H and O–H groups in total. The van der Waals surface area contributed by atoms with Crippen LogP contribution in [0.4, 0.5) is 4.79 Å². The highest BCUT2D eigenvalue weighted by Crippen LogP contribution is 2.36. The molecule has 1 aromatic heterocycles. The number of benzene rings is 1. The molecule has 0 saturated carbocycles. The largest absolute Gasteiger partial charge is 0.491 e. The molecule has 0 aliphatic rings. The molecule has 1 heterocycles. The molecule has 7 nitrogen and oxygen atoms in total. The van der Waals surface area contributed by atoms with Crippen molar-refractivity contribution in [1.82, 2.24) is 4.57 Å². The Morgan fingerprint density at radius 1 is 1.15 bits per heavy atom. The van der Waals surface area contributed by atoms with E-state index in [0.717, 1.165) is 4.57 Å². The van der Waals surface area contributed by atoms with Gasteiger partial charge in [-0.05, 0) is 36.3 Å². The van der Waals surface area contributed by atoms with Crippen molar-refractivity contribution in [3.05, 3.63) is 30.0 Å². The molecule has 0 aliphatic heterocycles. The van der Waals surface area contributed by atoms with E-state index in [1.807, 2.05) is 0 Å². The molecule has 8 heteroatoms. The van der Waals surface area contributed by atoms with Crippen LogP contribution in [0.3, 0.4) is 0 Å². The molecule has 0 aliphatic carbocycles. The zero-order valence-electron chi connectivity index (χ0n) is 16.7. The number of carboxylic acid groups (broad SMARTS) is 1. The van der Waals surface area contributed by atoms with E-state index >= 15 is 0 Å². The fraction of sp³-hybridized carbons (Fsp3) is 0.474. The van der Waals surface area contributed by atoms with Crippen LogP contribution in [0.15, 0.2) is 24.3 Å². The number of esters is 1. The summed E-state index contributed by atoms with van der Waals surface area (Å²) in [6.45, 7) is 11.7. The van der Waals surface area contributed by atoms with E-state index in [9.17, 15) is 14.7 Å². The maximum atomic E-state index is 11.8. The van der Waals surface area contributed by atoms with Crippen molar-refractivity contribution in [1.29, 1.82) is 0 Å². The fourth-order valence-electron chi connectivity index (χ4n) is 2.40. The van der Waals surface area contributed by atoms with Gasteiger partial charge in [0.15, 0.2) is 8.32 Å². The Labute approximate surface area is 160 Å². The van der Waals surface area contributed by atoms with Gasteiger partial charge < -0.3 is 19.0 Å². The first-order chi connectivity index (χ1) is 12.5. The topological polar surface area (TPSA) is 87.0 Å². The molecule has 0 radical (unpaired) electrons. The lowest BCUT2D eigenvalue weighted by molar-refractivity contribution is 0.0588. The third kappa shape index (κ3) is 4.51. The van der Waals surface area contributed by atoms with E-state index in [0.29, 0.717) is 29.9 Å². The Morgan fingerprint density at radius 3 is 2.37 bits per heavy atom. The molecule has 148 valence electrons. The van der Waals surface area contributed by atoms with Crippen LogP contribution in [0.1, 0.15) is 31.3 Å². The van der Waals surface area contributed by atoms with Crippen molar-refractivity contribution in [2.75, 3.05) is 20.3 Å². The van der Waals surface area contributed by atoms with Gasteiger partial charge in [0, 0.05) is 11.5 Å². The minimum absolute atomic E-state index is 0.0431. The average molecular weight is 394 g/mol. The first-order valence-corrected chi connectivity index (χ1v) is 11.6. The van der Waals surface area contributed by atoms with Crippen LogP contribution in [0, 0.1) is 0 Å². The molecule has 0 bridgehead atoms. The smallest absolute Gasteiger partial charge is 0.416 e. The van der Waals surface area contributed by atoms with Gasteiger partial charge in [-0.2, -0.15) is 0 Å². The van der Waals surface area contributed by atoms with Gasteiger partial charge in [-0.1, -0.05) is 20.8 Å². The Hall–Kier alpha value is -2.32. The maximum absolute atomic E-state index is 11.8. The van der Waals surface area contributed by atoms with Crippen molar-refractivity contribution in [2.24, 2.45) is 0 Å². The molecule has 0 fully saturated rings. The number of hydrogen-bond acceptors (Lipinski definition) is 5. The molecule has 2 aromatic rings. The minimum atomic E-state index is -1.84. The van der Waals surface area contributed by atoms with Crippen molar-refractivity contribution >= 4 is 31.3 Å². The highest BCUT2D eigenvalue weighted by Gasteiger charge is 2.36. The Kier molecular flexibility index (Phi) is 6.01. The number of carbonyl (C=O) groups is 2. The number of methoxy groups -OCH3 is 1. The zero-order chi connectivity index (χ0) is 20.4. The van der Waals surface area contributed by atoms with Crippen molar-refractivity contribution in [3.8, 4) is 5.75 Å². The Morgan fingerprint density at radius 2 is 1.81 bits per heavy atom. The number of hydrogen-bond donors (Lipinski definition) is 1. The predicted molar refractivity (Wildman–Crippen MR) is 105 cm³/mol. The molecule has 27 heavy (non-hydrogen) atoms. The molecule has 0 unspecified atom stereocenters. The number of aromatic nitrogens is 1. The molecule has 2 rings (SSSR count). The van der Waals surface area contributed by atoms with Crippen LogP contribution in [-0.4, -0.2) is 50.4 Å². The molecular formula is C19H27NO6Si. The maximum Gasteiger partial charge on any atom is 0.416 e. The highest BCUT2D eigenvalue weighted by atomic mass is 28.4. The molecule has 0 atom stereocenters. The van der Waals surface area contributed by atoms with E-state index < -0.39 is 20.4 Å². The van der Waals surface area contributed by atoms with E-state index in [1.54, 1.807) is 18.2 Å². The van der Waals surface area contributed by atoms with Crippen molar-refractivity contribution in [3.63, 3.8) is 0 Å². The summed E-state index contributed by atoms with van der Waals surface area (Å²) in [5, 5.41) is 10.2. The van der Waals surface area contributed by atoms with Gasteiger partial charge in [0.05, 0.1) is 19.2 Å². The number of nitrogens with zero attached hydrogens (tertiary/aromatic N) is 1. The summed E-state index contributed by atoms with van der Waals surface area (Å²) in [5.41, 5.74) is 0.323. The monoisotopic (exact) mass is 393 g/mol. The SMILES string of the molecule is COC(=O)c1cc2ccc(OCCO[Si](C)(C)C(C)(C)C)cc2n1C(=O)O. The van der Waals surface area contributed by atoms with Crippen molar-refractivity contribution < 1.29 is 28.6 Å². The van der Waals surface area contributed by atoms with E-state index in [4.69, 9.17) is 9.16 Å². The van der Waals surface area contributed by atoms with Crippen LogP contribution < -0.4 is 4.74 Å². The number of carbonyl (C=O) groups excluding carboxylic acids is 1. The van der Waals surface area contributed by atoms with Gasteiger partial charge in [-0.15, -0.1) is 0 Å². The lowest BCUT2D eigenvalue weighted by atomic mass is 10.2. The quantitative estimate of drug-likeness (QED) is 0.446.